The van der Waals surface area contributed by atoms with Crippen LogP contribution in [-0.2, 0) is 13.4 Å². The average Bonchev–Trinajstić information content (AvgIpc) is 1.56. The highest BCUT2D eigenvalue weighted by Gasteiger charge is 1.93. The van der Waals surface area contributed by atoms with Gasteiger partial charge in [-0.15, -0.1) is 0 Å². The third kappa shape index (κ3) is 38.4. The summed E-state index contributed by atoms with van der Waals surface area (Å²) < 4.78 is 22.3. The first-order chi connectivity index (χ1) is 4.86. The third-order valence-corrected chi connectivity index (χ3v) is 1.57. The first-order valence-corrected chi connectivity index (χ1v) is 5.13. The fourth-order valence-corrected chi connectivity index (χ4v) is 0.672. The van der Waals surface area contributed by atoms with Crippen molar-refractivity contribution in [3.05, 3.63) is 0 Å². The Morgan fingerprint density at radius 3 is 1.27 bits per heavy atom. The van der Waals surface area contributed by atoms with E-state index in [0.717, 1.165) is 0 Å². The molecule has 0 bridgehead atoms. The smallest absolute Gasteiger partial charge is 0.323 e. The van der Waals surface area contributed by atoms with E-state index in [1.54, 1.807) is 0 Å². The molecule has 0 amide bonds. The van der Waals surface area contributed by atoms with Crippen LogP contribution in [0.5, 0.6) is 0 Å². The first-order valence-electron chi connectivity index (χ1n) is 2.61. The van der Waals surface area contributed by atoms with Gasteiger partial charge in [0.25, 0.3) is 0 Å². The quantitative estimate of drug-likeness (QED) is 0.614. The predicted molar refractivity (Wildman–Crippen MR) is 43.1 cm³/mol. The molecule has 0 heterocycles. The molecule has 0 aromatic rings. The lowest BCUT2D eigenvalue weighted by molar-refractivity contribution is 0.371. The van der Waals surface area contributed by atoms with Crippen molar-refractivity contribution in [3.63, 3.8) is 0 Å². The van der Waals surface area contributed by atoms with Crippen LogP contribution < -0.4 is 0 Å². The Bertz CT molecular complexity index is 123. The molecule has 0 radical (unpaired) electrons. The van der Waals surface area contributed by atoms with Crippen LogP contribution in [0.15, 0.2) is 0 Å². The molecule has 0 aliphatic carbocycles. The lowest BCUT2D eigenvalue weighted by atomic mass is 11.0. The summed E-state index contributed by atoms with van der Waals surface area (Å²) in [5.74, 6) is 0. The molecule has 0 aromatic heterocycles. The molecule has 70 valence electrons. The van der Waals surface area contributed by atoms with Gasteiger partial charge < -0.3 is 14.7 Å². The lowest BCUT2D eigenvalue weighted by Crippen LogP contribution is -1.99. The van der Waals surface area contributed by atoms with Gasteiger partial charge in [0, 0.05) is 0 Å². The fraction of sp³-hybridized carbons (Fsp3) is 1.00. The molecular formula is C3H13NO5P2. The van der Waals surface area contributed by atoms with Gasteiger partial charge in [-0.3, -0.25) is 9.13 Å². The average molecular weight is 205 g/mol. The van der Waals surface area contributed by atoms with E-state index >= 15 is 0 Å². The molecule has 0 aliphatic rings. The van der Waals surface area contributed by atoms with Crippen LogP contribution in [0.2, 0.25) is 0 Å². The molecule has 0 rings (SSSR count). The molecule has 2 atom stereocenters. The second-order valence-electron chi connectivity index (χ2n) is 1.98. The minimum atomic E-state index is -3.20. The minimum Gasteiger partial charge on any atom is -0.326 e. The van der Waals surface area contributed by atoms with E-state index in [9.17, 15) is 9.13 Å². The molecule has 2 N–H and O–H groups in total. The van der Waals surface area contributed by atoms with Crippen LogP contribution in [-0.4, -0.2) is 35.8 Å². The van der Waals surface area contributed by atoms with Crippen molar-refractivity contribution in [1.82, 2.24) is 4.90 Å². The van der Waals surface area contributed by atoms with E-state index in [2.05, 4.69) is 4.31 Å². The molecule has 0 fully saturated rings. The second kappa shape index (κ2) is 8.40. The molecule has 0 saturated carbocycles. The van der Waals surface area contributed by atoms with E-state index < -0.39 is 16.5 Å². The maximum absolute atomic E-state index is 9.44. The Kier molecular flexibility index (Phi) is 10.6. The van der Waals surface area contributed by atoms with Gasteiger partial charge in [0.1, 0.15) is 0 Å². The van der Waals surface area contributed by atoms with Gasteiger partial charge in [-0.1, -0.05) is 0 Å². The fourth-order valence-electron chi connectivity index (χ4n) is 0.0747. The van der Waals surface area contributed by atoms with Crippen molar-refractivity contribution in [1.29, 1.82) is 0 Å². The van der Waals surface area contributed by atoms with Crippen molar-refractivity contribution in [2.75, 3.05) is 21.1 Å². The van der Waals surface area contributed by atoms with Gasteiger partial charge in [-0.25, -0.2) is 4.31 Å². The zero-order valence-corrected chi connectivity index (χ0v) is 8.57. The SMILES string of the molecule is CN(C)C.O=[PH](O)O[PH](=O)O. The molecule has 0 saturated heterocycles. The van der Waals surface area contributed by atoms with Gasteiger partial charge in [-0.05, 0) is 21.1 Å². The zero-order valence-electron chi connectivity index (χ0n) is 6.57. The van der Waals surface area contributed by atoms with Crippen LogP contribution in [0.3, 0.4) is 0 Å². The maximum atomic E-state index is 9.44. The Labute approximate surface area is 66.7 Å². The molecule has 6 nitrogen and oxygen atoms in total. The molecule has 11 heavy (non-hydrogen) atoms. The van der Waals surface area contributed by atoms with E-state index in [0.29, 0.717) is 0 Å². The van der Waals surface area contributed by atoms with Crippen molar-refractivity contribution in [2.45, 2.75) is 0 Å². The molecule has 0 aromatic carbocycles. The number of hydrogen-bond donors (Lipinski definition) is 2. The Balaban J connectivity index is 0. The van der Waals surface area contributed by atoms with Crippen LogP contribution in [0.1, 0.15) is 0 Å². The summed E-state index contributed by atoms with van der Waals surface area (Å²) in [5, 5.41) is 0. The Morgan fingerprint density at radius 2 is 1.27 bits per heavy atom. The molecule has 8 heteroatoms. The Morgan fingerprint density at radius 1 is 1.09 bits per heavy atom. The largest absolute Gasteiger partial charge is 0.326 e. The number of nitrogens with zero attached hydrogens (tertiary/aromatic N) is 1. The van der Waals surface area contributed by atoms with Crippen LogP contribution in [0.25, 0.3) is 0 Å². The maximum Gasteiger partial charge on any atom is 0.323 e. The molecule has 2 unspecified atom stereocenters. The van der Waals surface area contributed by atoms with Crippen molar-refractivity contribution in [2.24, 2.45) is 0 Å². The number of rotatable bonds is 2. The van der Waals surface area contributed by atoms with E-state index in [-0.39, 0.29) is 0 Å². The third-order valence-electron chi connectivity index (χ3n) is 0.175. The normalized spacial score (nSPS) is 15.1. The summed E-state index contributed by atoms with van der Waals surface area (Å²) in [5.41, 5.74) is 0. The highest BCUT2D eigenvalue weighted by Crippen LogP contribution is 2.30. The standard InChI is InChI=1S/C3H9N.H4O5P2/c1-4(2)3;1-6(2)5-7(3)4/h1-3H3;6-7H,(H,1,2)(H,3,4). The van der Waals surface area contributed by atoms with Gasteiger partial charge in [-0.2, -0.15) is 0 Å². The summed E-state index contributed by atoms with van der Waals surface area (Å²) in [7, 11) is -0.403. The zero-order chi connectivity index (χ0) is 9.44. The van der Waals surface area contributed by atoms with Crippen molar-refractivity contribution >= 4 is 16.5 Å². The second-order valence-corrected chi connectivity index (χ2v) is 3.86. The summed E-state index contributed by atoms with van der Waals surface area (Å²) in [6.45, 7) is 0. The molecule has 0 spiro atoms. The van der Waals surface area contributed by atoms with E-state index in [1.165, 1.54) is 0 Å². The monoisotopic (exact) mass is 205 g/mol. The van der Waals surface area contributed by atoms with Gasteiger partial charge in [0.15, 0.2) is 0 Å². The van der Waals surface area contributed by atoms with E-state index in [4.69, 9.17) is 9.79 Å². The van der Waals surface area contributed by atoms with Gasteiger partial charge in [0.05, 0.1) is 0 Å². The molecular weight excluding hydrogens is 192 g/mol. The lowest BCUT2D eigenvalue weighted by Gasteiger charge is -1.90. The highest BCUT2D eigenvalue weighted by molar-refractivity contribution is 7.46. The predicted octanol–water partition coefficient (Wildman–Crippen LogP) is -0.0552. The van der Waals surface area contributed by atoms with Crippen LogP contribution in [0, 0.1) is 0 Å². The van der Waals surface area contributed by atoms with Crippen molar-refractivity contribution in [3.8, 4) is 0 Å². The summed E-state index contributed by atoms with van der Waals surface area (Å²) in [4.78, 5) is 17.4. The topological polar surface area (TPSA) is 87.1 Å². The van der Waals surface area contributed by atoms with Gasteiger partial charge in [0.2, 0.25) is 0 Å². The minimum absolute atomic E-state index is 2.00. The summed E-state index contributed by atoms with van der Waals surface area (Å²) >= 11 is 0. The first kappa shape index (κ1) is 13.9. The summed E-state index contributed by atoms with van der Waals surface area (Å²) in [6, 6.07) is 0. The highest BCUT2D eigenvalue weighted by atomic mass is 31.2. The Hall–Kier alpha value is 0.300. The molecule has 0 aliphatic heterocycles. The number of hydrogen-bond acceptors (Lipinski definition) is 4. The van der Waals surface area contributed by atoms with E-state index in [1.807, 2.05) is 26.0 Å². The van der Waals surface area contributed by atoms with Crippen molar-refractivity contribution < 1.29 is 23.2 Å². The van der Waals surface area contributed by atoms with Gasteiger partial charge >= 0.3 is 16.5 Å². The van der Waals surface area contributed by atoms with Crippen LogP contribution in [0.4, 0.5) is 0 Å². The van der Waals surface area contributed by atoms with Crippen LogP contribution >= 0.6 is 16.5 Å². The summed E-state index contributed by atoms with van der Waals surface area (Å²) in [6.07, 6.45) is 0.